The van der Waals surface area contributed by atoms with E-state index in [1.165, 1.54) is 12.8 Å². The number of sulfone groups is 2. The van der Waals surface area contributed by atoms with E-state index in [9.17, 15) is 43.2 Å². The first kappa shape index (κ1) is 29.7. The molecule has 34 heavy (non-hydrogen) atoms. The van der Waals surface area contributed by atoms with E-state index >= 15 is 0 Å². The Balaban J connectivity index is 0.000000437. The number of aryl methyl sites for hydroxylation is 3. The van der Waals surface area contributed by atoms with E-state index in [4.69, 9.17) is 0 Å². The third-order valence-electron chi connectivity index (χ3n) is 4.49. The van der Waals surface area contributed by atoms with Crippen LogP contribution in [0.25, 0.3) is 6.20 Å². The minimum Gasteiger partial charge on any atom is -0.237 e. The molecule has 0 bridgehead atoms. The number of unbranched alkanes of at least 4 members (excludes halogenated alkanes) is 1. The maximum absolute atomic E-state index is 12.7. The lowest BCUT2D eigenvalue weighted by Gasteiger charge is -2.07. The molecule has 0 saturated heterocycles. The number of imidazole rings is 2. The molecule has 2 heterocycles. The van der Waals surface area contributed by atoms with Crippen molar-refractivity contribution in [2.45, 2.75) is 74.4 Å². The Kier molecular flexibility index (Phi) is 9.53. The largest absolute Gasteiger partial charge is 0.509 e. The number of alkyl halides is 6. The molecule has 2 aromatic rings. The number of halogens is 6. The molecule has 0 unspecified atom stereocenters. The second-order valence-electron chi connectivity index (χ2n) is 6.82. The molecule has 0 aliphatic rings. The summed E-state index contributed by atoms with van der Waals surface area (Å²) in [7, 11) is -12.2. The van der Waals surface area contributed by atoms with Gasteiger partial charge in [-0.15, -0.1) is 0 Å². The summed E-state index contributed by atoms with van der Waals surface area (Å²) in [6, 6.07) is 0. The van der Waals surface area contributed by atoms with Gasteiger partial charge >= 0.3 is 35.8 Å². The van der Waals surface area contributed by atoms with Gasteiger partial charge in [-0.3, -0.25) is 0 Å². The summed E-state index contributed by atoms with van der Waals surface area (Å²) in [6.45, 7) is 10.1. The van der Waals surface area contributed by atoms with Crippen LogP contribution in [0.1, 0.15) is 33.6 Å². The fraction of sp³-hybridized carbons (Fsp3) is 0.556. The highest BCUT2D eigenvalue weighted by atomic mass is 32.2. The normalized spacial score (nSPS) is 12.9. The number of rotatable bonds is 8. The molecule has 0 fully saturated rings. The van der Waals surface area contributed by atoms with Crippen LogP contribution in [0.5, 0.6) is 0 Å². The molecule has 0 saturated carbocycles. The molecule has 0 aliphatic carbocycles. The van der Waals surface area contributed by atoms with Crippen molar-refractivity contribution in [2.75, 3.05) is 0 Å². The van der Waals surface area contributed by atoms with Gasteiger partial charge in [0, 0.05) is 0 Å². The van der Waals surface area contributed by atoms with Crippen LogP contribution in [0.15, 0.2) is 41.7 Å². The maximum Gasteiger partial charge on any atom is 0.509 e. The zero-order valence-electron chi connectivity index (χ0n) is 18.6. The van der Waals surface area contributed by atoms with Crippen molar-refractivity contribution in [1.82, 2.24) is 9.13 Å². The summed E-state index contributed by atoms with van der Waals surface area (Å²) < 4.78 is 126. The fourth-order valence-electron chi connectivity index (χ4n) is 2.68. The first-order valence-electron chi connectivity index (χ1n) is 9.94. The van der Waals surface area contributed by atoms with Crippen molar-refractivity contribution < 1.29 is 52.3 Å². The molecule has 0 atom stereocenters. The van der Waals surface area contributed by atoms with E-state index in [-0.39, 0.29) is 21.5 Å². The summed E-state index contributed by atoms with van der Waals surface area (Å²) in [6.07, 6.45) is 9.36. The van der Waals surface area contributed by atoms with E-state index in [1.807, 2.05) is 0 Å². The molecule has 8 nitrogen and oxygen atoms in total. The number of hydrogen-bond acceptors (Lipinski definition) is 4. The molecular formula is C18H26F6N4O4S2+2. The molecule has 2 aromatic heterocycles. The smallest absolute Gasteiger partial charge is 0.237 e. The van der Waals surface area contributed by atoms with Gasteiger partial charge in [-0.05, 0) is 20.3 Å². The molecule has 2 rings (SSSR count). The van der Waals surface area contributed by atoms with Gasteiger partial charge in [0.2, 0.25) is 6.33 Å². The van der Waals surface area contributed by atoms with Crippen molar-refractivity contribution in [3.63, 3.8) is 0 Å². The van der Waals surface area contributed by atoms with Crippen molar-refractivity contribution >= 4 is 25.9 Å². The zero-order chi connectivity index (χ0) is 26.5. The van der Waals surface area contributed by atoms with Crippen LogP contribution in [0.4, 0.5) is 26.3 Å². The van der Waals surface area contributed by atoms with E-state index in [2.05, 4.69) is 48.3 Å². The van der Waals surface area contributed by atoms with Gasteiger partial charge < -0.3 is 0 Å². The Morgan fingerprint density at radius 2 is 1.56 bits per heavy atom. The van der Waals surface area contributed by atoms with Crippen LogP contribution in [-0.2, 0) is 39.3 Å². The van der Waals surface area contributed by atoms with E-state index < -0.39 is 47.4 Å². The molecule has 0 radical (unpaired) electrons. The Morgan fingerprint density at radius 3 is 1.94 bits per heavy atom. The standard InChI is InChI=1S/C9H9F6N2O4S2.C9H17N2/c1-3-16-5-6(22(18,19)8(10,11)12)17(4-2)7(16)23(20,21)9(13,14)15;1-3-5-6-11-8-7-10(4-2)9-11/h4-5H,2-3H2,1H3;7-9H,3-6H2,1-2H3/q2*+1. The number of nitrogens with zero attached hydrogens (tertiary/aromatic N) is 4. The van der Waals surface area contributed by atoms with Crippen LogP contribution in [0, 0.1) is 0 Å². The van der Waals surface area contributed by atoms with E-state index in [0.717, 1.165) is 20.0 Å². The topological polar surface area (TPSA) is 85.9 Å². The highest BCUT2D eigenvalue weighted by Gasteiger charge is 2.58. The summed E-state index contributed by atoms with van der Waals surface area (Å²) in [4.78, 5) is 0. The van der Waals surface area contributed by atoms with Gasteiger partial charge in [0.15, 0.2) is 6.20 Å². The van der Waals surface area contributed by atoms with Crippen molar-refractivity contribution in [3.05, 3.63) is 31.5 Å². The Morgan fingerprint density at radius 1 is 1.00 bits per heavy atom. The predicted octanol–water partition coefficient (Wildman–Crippen LogP) is 3.08. The minimum atomic E-state index is -6.12. The third-order valence-corrected chi connectivity index (χ3v) is 7.47. The Labute approximate surface area is 193 Å². The monoisotopic (exact) mass is 540 g/mol. The SMILES string of the molecule is C=Cn1c(S(=O)(=O)C(F)(F)F)c[n+](CC)c1S(=O)(=O)C(F)(F)F.CCCC[n+]1ccn(CC)c1. The van der Waals surface area contributed by atoms with Gasteiger partial charge in [0.25, 0.3) is 5.03 Å². The Bertz CT molecular complexity index is 1200. The molecule has 0 N–H and O–H groups in total. The second kappa shape index (κ2) is 10.9. The molecular weight excluding hydrogens is 514 g/mol. The summed E-state index contributed by atoms with van der Waals surface area (Å²) >= 11 is 0. The lowest BCUT2D eigenvalue weighted by atomic mass is 10.3. The quantitative estimate of drug-likeness (QED) is 0.381. The van der Waals surface area contributed by atoms with Gasteiger partial charge in [-0.1, -0.05) is 19.9 Å². The highest BCUT2D eigenvalue weighted by molar-refractivity contribution is 7.92. The van der Waals surface area contributed by atoms with Crippen LogP contribution >= 0.6 is 0 Å². The molecule has 194 valence electrons. The Hall–Kier alpha value is -2.36. The predicted molar refractivity (Wildman–Crippen MR) is 108 cm³/mol. The summed E-state index contributed by atoms with van der Waals surface area (Å²) in [5, 5.41) is -3.38. The molecule has 0 aromatic carbocycles. The van der Waals surface area contributed by atoms with Crippen LogP contribution < -0.4 is 9.13 Å². The van der Waals surface area contributed by atoms with Crippen LogP contribution in [-0.4, -0.2) is 37.0 Å². The number of hydrogen-bond donors (Lipinski definition) is 0. The van der Waals surface area contributed by atoms with Crippen molar-refractivity contribution in [1.29, 1.82) is 0 Å². The lowest BCUT2D eigenvalue weighted by molar-refractivity contribution is -0.731. The number of aromatic nitrogens is 4. The maximum atomic E-state index is 12.7. The van der Waals surface area contributed by atoms with Gasteiger partial charge in [0.05, 0.1) is 25.8 Å². The summed E-state index contributed by atoms with van der Waals surface area (Å²) in [5.41, 5.74) is -11.7. The van der Waals surface area contributed by atoms with Crippen LogP contribution in [0.2, 0.25) is 0 Å². The van der Waals surface area contributed by atoms with E-state index in [0.29, 0.717) is 0 Å². The minimum absolute atomic E-state index is 0.156. The highest BCUT2D eigenvalue weighted by Crippen LogP contribution is 2.34. The molecule has 0 aliphatic heterocycles. The van der Waals surface area contributed by atoms with Gasteiger partial charge in [-0.2, -0.15) is 30.9 Å². The average Bonchev–Trinajstić information content (AvgIpc) is 3.35. The first-order valence-corrected chi connectivity index (χ1v) is 12.9. The zero-order valence-corrected chi connectivity index (χ0v) is 20.3. The average molecular weight is 541 g/mol. The second-order valence-corrected chi connectivity index (χ2v) is 10.5. The third kappa shape index (κ3) is 6.20. The van der Waals surface area contributed by atoms with E-state index in [1.54, 1.807) is 0 Å². The lowest BCUT2D eigenvalue weighted by Crippen LogP contribution is -2.41. The summed E-state index contributed by atoms with van der Waals surface area (Å²) in [5.74, 6) is 0. The first-order chi connectivity index (χ1) is 15.5. The van der Waals surface area contributed by atoms with Gasteiger partial charge in [0.1, 0.15) is 12.4 Å². The molecule has 0 spiro atoms. The van der Waals surface area contributed by atoms with Crippen molar-refractivity contribution in [3.8, 4) is 0 Å². The van der Waals surface area contributed by atoms with Crippen molar-refractivity contribution in [2.24, 2.45) is 0 Å². The fourth-order valence-corrected chi connectivity index (χ4v) is 4.79. The molecule has 0 amide bonds. The molecule has 16 heteroatoms. The van der Waals surface area contributed by atoms with Crippen LogP contribution in [0.3, 0.4) is 0 Å². The van der Waals surface area contributed by atoms with Gasteiger partial charge in [-0.25, -0.2) is 30.5 Å².